The summed E-state index contributed by atoms with van der Waals surface area (Å²) in [7, 11) is 4.29. The van der Waals surface area contributed by atoms with Gasteiger partial charge in [-0.3, -0.25) is 32.9 Å². The fourth-order valence-electron chi connectivity index (χ4n) is 5.78. The number of likely N-dealkylation sites (N-methyl/N-ethyl adjacent to an activating group) is 1. The Morgan fingerprint density at radius 1 is 0.868 bits per heavy atom. The zero-order valence-corrected chi connectivity index (χ0v) is 23.7. The van der Waals surface area contributed by atoms with E-state index >= 15 is 0 Å². The Morgan fingerprint density at radius 3 is 2.00 bits per heavy atom. The number of nitrogens with two attached hydrogens (primary N) is 4. The maximum atomic E-state index is 5.60. The van der Waals surface area contributed by atoms with Crippen molar-refractivity contribution in [3.05, 3.63) is 82.1 Å². The van der Waals surface area contributed by atoms with Gasteiger partial charge in [0.25, 0.3) is 0 Å². The quantitative estimate of drug-likeness (QED) is 0.178. The van der Waals surface area contributed by atoms with E-state index in [0.29, 0.717) is 13.1 Å². The molecule has 38 heavy (non-hydrogen) atoms. The van der Waals surface area contributed by atoms with Crippen molar-refractivity contribution < 1.29 is 14.6 Å². The smallest absolute Gasteiger partial charge is 0.339 e. The summed E-state index contributed by atoms with van der Waals surface area (Å²) in [5.74, 6) is 0.462. The molecule has 10 N–H and O–H groups in total. The number of anilines is 1. The molecule has 8 nitrogen and oxygen atoms in total. The molecule has 200 valence electrons. The van der Waals surface area contributed by atoms with E-state index < -0.39 is 0 Å². The van der Waals surface area contributed by atoms with Crippen molar-refractivity contribution in [1.82, 2.24) is 0 Å². The first-order valence-corrected chi connectivity index (χ1v) is 13.0. The van der Waals surface area contributed by atoms with Crippen molar-refractivity contribution in [2.75, 3.05) is 19.0 Å². The predicted molar refractivity (Wildman–Crippen MR) is 156 cm³/mol. The van der Waals surface area contributed by atoms with Gasteiger partial charge in [0.15, 0.2) is 5.71 Å². The molecule has 4 rings (SSSR count). The predicted octanol–water partition coefficient (Wildman–Crippen LogP) is -0.342. The van der Waals surface area contributed by atoms with Crippen LogP contribution in [0, 0.1) is 0 Å². The van der Waals surface area contributed by atoms with Gasteiger partial charge in [-0.15, -0.1) is 0 Å². The van der Waals surface area contributed by atoms with E-state index in [1.807, 2.05) is 0 Å². The second-order valence-corrected chi connectivity index (χ2v) is 11.5. The van der Waals surface area contributed by atoms with E-state index in [2.05, 4.69) is 117 Å². The highest BCUT2D eigenvalue weighted by Gasteiger charge is 2.43. The Labute approximate surface area is 226 Å². The Balaban J connectivity index is 1.67. The molecule has 0 aliphatic carbocycles. The van der Waals surface area contributed by atoms with Crippen LogP contribution < -0.4 is 37.8 Å². The van der Waals surface area contributed by atoms with Gasteiger partial charge in [0.05, 0.1) is 18.5 Å². The molecule has 0 bridgehead atoms. The number of hydrogen-bond acceptors (Lipinski definition) is 1. The van der Waals surface area contributed by atoms with Crippen LogP contribution >= 0.6 is 0 Å². The van der Waals surface area contributed by atoms with Gasteiger partial charge in [-0.25, -0.2) is 0 Å². The van der Waals surface area contributed by atoms with E-state index in [0.717, 1.165) is 11.1 Å². The number of fused-ring (bicyclic) bond motifs is 2. The minimum Gasteiger partial charge on any atom is -0.347 e. The van der Waals surface area contributed by atoms with Crippen molar-refractivity contribution in [3.8, 4) is 0 Å². The average Bonchev–Trinajstić information content (AvgIpc) is 3.15. The summed E-state index contributed by atoms with van der Waals surface area (Å²) < 4.78 is 2.30. The third-order valence-electron chi connectivity index (χ3n) is 7.92. The Bertz CT molecular complexity index is 1430. The highest BCUT2D eigenvalue weighted by molar-refractivity contribution is 6.03. The molecule has 2 aliphatic heterocycles. The second-order valence-electron chi connectivity index (χ2n) is 11.5. The molecule has 2 aromatic carbocycles. The van der Waals surface area contributed by atoms with Crippen molar-refractivity contribution >= 4 is 29.0 Å². The first-order valence-electron chi connectivity index (χ1n) is 13.0. The standard InChI is InChI=1S/C30H41N8/c1-18(12-25-29(2,3)21-14-19(16-35-27(31)32)8-10-23(21)37(25)6)13-26-30(4,5)22-15-20(17-36-28(33)34)9-11-24(22)38(26)7/h8-15H,16-17H2,1-7H3,(H4,31,32,35)(H4,33,34,36)/q+1/p+2. The molecule has 0 aromatic heterocycles. The van der Waals surface area contributed by atoms with E-state index in [-0.39, 0.29) is 22.7 Å². The molecular formula is C30H43N8+3. The first kappa shape index (κ1) is 27.0. The zero-order valence-electron chi connectivity index (χ0n) is 23.7. The Kier molecular flexibility index (Phi) is 6.86. The van der Waals surface area contributed by atoms with Crippen LogP contribution in [-0.4, -0.2) is 36.3 Å². The number of hydrogen-bond donors (Lipinski definition) is 6. The molecule has 0 fully saturated rings. The summed E-state index contributed by atoms with van der Waals surface area (Å²) in [6.45, 7) is 12.5. The Morgan fingerprint density at radius 2 is 1.42 bits per heavy atom. The van der Waals surface area contributed by atoms with E-state index in [1.165, 1.54) is 39.5 Å². The first-order chi connectivity index (χ1) is 17.7. The Hall–Kier alpha value is -4.07. The number of allylic oxidation sites excluding steroid dienone is 4. The number of guanidine groups is 2. The monoisotopic (exact) mass is 515 g/mol. The summed E-state index contributed by atoms with van der Waals surface area (Å²) in [5.41, 5.74) is 33.2. The van der Waals surface area contributed by atoms with Crippen LogP contribution in [0.5, 0.6) is 0 Å². The number of benzene rings is 2. The van der Waals surface area contributed by atoms with Crippen LogP contribution in [0.4, 0.5) is 11.4 Å². The highest BCUT2D eigenvalue weighted by Crippen LogP contribution is 2.47. The fourth-order valence-corrected chi connectivity index (χ4v) is 5.78. The van der Waals surface area contributed by atoms with E-state index in [9.17, 15) is 0 Å². The summed E-state index contributed by atoms with van der Waals surface area (Å²) >= 11 is 0. The number of nitrogens with zero attached hydrogens (tertiary/aromatic N) is 2. The third-order valence-corrected chi connectivity index (χ3v) is 7.92. The molecule has 0 radical (unpaired) electrons. The summed E-state index contributed by atoms with van der Waals surface area (Å²) in [5, 5.41) is 0. The lowest BCUT2D eigenvalue weighted by atomic mass is 9.80. The third kappa shape index (κ3) is 4.78. The van der Waals surface area contributed by atoms with Gasteiger partial charge < -0.3 is 4.90 Å². The van der Waals surface area contributed by atoms with Crippen molar-refractivity contribution in [2.24, 2.45) is 22.9 Å². The SMILES string of the molecule is CC(=CC1=[N+](C)c2ccc(C[NH+]=C(N)N)cc2C1(C)C)C=C1N(C)c2ccc(C[NH+]=C(N)N)cc2C1(C)C. The minimum atomic E-state index is -0.151. The molecule has 0 spiro atoms. The molecule has 0 atom stereocenters. The van der Waals surface area contributed by atoms with Crippen molar-refractivity contribution in [2.45, 2.75) is 58.5 Å². The van der Waals surface area contributed by atoms with Crippen LogP contribution in [0.15, 0.2) is 59.8 Å². The van der Waals surface area contributed by atoms with Gasteiger partial charge in [0, 0.05) is 41.6 Å². The zero-order chi connectivity index (χ0) is 28.0. The average molecular weight is 516 g/mol. The fraction of sp³-hybridized carbons (Fsp3) is 0.367. The van der Waals surface area contributed by atoms with Gasteiger partial charge in [0.1, 0.15) is 7.05 Å². The van der Waals surface area contributed by atoms with Crippen LogP contribution in [0.25, 0.3) is 0 Å². The molecule has 0 saturated heterocycles. The van der Waals surface area contributed by atoms with E-state index in [1.54, 1.807) is 0 Å². The molecule has 2 aromatic rings. The van der Waals surface area contributed by atoms with Gasteiger partial charge >= 0.3 is 11.9 Å². The van der Waals surface area contributed by atoms with Gasteiger partial charge in [0.2, 0.25) is 5.69 Å². The lowest BCUT2D eigenvalue weighted by Gasteiger charge is -2.24. The molecule has 0 unspecified atom stereocenters. The molecule has 0 amide bonds. The summed E-state index contributed by atoms with van der Waals surface area (Å²) in [6.07, 6.45) is 4.64. The highest BCUT2D eigenvalue weighted by atomic mass is 15.2. The van der Waals surface area contributed by atoms with Gasteiger partial charge in [-0.1, -0.05) is 19.9 Å². The molecule has 2 aliphatic rings. The van der Waals surface area contributed by atoms with Crippen molar-refractivity contribution in [1.29, 1.82) is 0 Å². The summed E-state index contributed by atoms with van der Waals surface area (Å²) in [6, 6.07) is 13.1. The van der Waals surface area contributed by atoms with Gasteiger partial charge in [-0.2, -0.15) is 4.58 Å². The van der Waals surface area contributed by atoms with Crippen molar-refractivity contribution in [3.63, 3.8) is 0 Å². The number of nitrogens with one attached hydrogen (secondary N) is 2. The molecule has 8 heteroatoms. The lowest BCUT2D eigenvalue weighted by Crippen LogP contribution is -2.76. The van der Waals surface area contributed by atoms with Crippen LogP contribution in [0.1, 0.15) is 56.9 Å². The lowest BCUT2D eigenvalue weighted by molar-refractivity contribution is -0.477. The molecular weight excluding hydrogens is 472 g/mol. The maximum Gasteiger partial charge on any atom is 0.339 e. The minimum absolute atomic E-state index is 0.151. The largest absolute Gasteiger partial charge is 0.347 e. The van der Waals surface area contributed by atoms with Crippen LogP contribution in [0.3, 0.4) is 0 Å². The summed E-state index contributed by atoms with van der Waals surface area (Å²) in [4.78, 5) is 8.34. The maximum absolute atomic E-state index is 5.60. The number of rotatable bonds is 6. The topological polar surface area (TPSA) is 138 Å². The molecule has 0 saturated carbocycles. The molecule has 2 heterocycles. The van der Waals surface area contributed by atoms with Crippen LogP contribution in [-0.2, 0) is 23.9 Å². The van der Waals surface area contributed by atoms with Gasteiger partial charge in [-0.05, 0) is 73.4 Å². The van der Waals surface area contributed by atoms with E-state index in [4.69, 9.17) is 22.9 Å². The van der Waals surface area contributed by atoms with Crippen LogP contribution in [0.2, 0.25) is 0 Å². The normalized spacial score (nSPS) is 18.4. The second kappa shape index (κ2) is 9.67.